The molecular formula is C23H31N3O2S. The second-order valence-corrected chi connectivity index (χ2v) is 8.85. The Morgan fingerprint density at radius 1 is 1.17 bits per heavy atom. The number of benzene rings is 1. The molecule has 1 aliphatic heterocycles. The SMILES string of the molecule is CCCCN(CC(=O)N1CCc2sccc2C1c1ccccc1C)C(=O)N(C)C. The molecule has 0 aliphatic carbocycles. The monoisotopic (exact) mass is 413 g/mol. The lowest BCUT2D eigenvalue weighted by Gasteiger charge is -2.38. The second-order valence-electron chi connectivity index (χ2n) is 7.85. The largest absolute Gasteiger partial charge is 0.331 e. The molecule has 1 aliphatic rings. The summed E-state index contributed by atoms with van der Waals surface area (Å²) in [7, 11) is 3.47. The molecule has 2 aromatic rings. The van der Waals surface area contributed by atoms with E-state index in [1.807, 2.05) is 17.0 Å². The normalized spacial score (nSPS) is 15.7. The van der Waals surface area contributed by atoms with Crippen LogP contribution in [0.2, 0.25) is 0 Å². The molecule has 0 spiro atoms. The van der Waals surface area contributed by atoms with E-state index in [9.17, 15) is 9.59 Å². The number of fused-ring (bicyclic) bond motifs is 1. The molecule has 0 bridgehead atoms. The third kappa shape index (κ3) is 4.64. The van der Waals surface area contributed by atoms with Crippen molar-refractivity contribution in [1.29, 1.82) is 0 Å². The lowest BCUT2D eigenvalue weighted by Crippen LogP contribution is -2.49. The van der Waals surface area contributed by atoms with E-state index in [0.717, 1.165) is 19.3 Å². The van der Waals surface area contributed by atoms with Crippen molar-refractivity contribution >= 4 is 23.3 Å². The minimum Gasteiger partial charge on any atom is -0.331 e. The van der Waals surface area contributed by atoms with E-state index >= 15 is 0 Å². The number of urea groups is 1. The summed E-state index contributed by atoms with van der Waals surface area (Å²) in [6.45, 7) is 5.60. The molecule has 5 nitrogen and oxygen atoms in total. The molecule has 0 radical (unpaired) electrons. The van der Waals surface area contributed by atoms with Crippen LogP contribution in [0.4, 0.5) is 4.79 Å². The minimum absolute atomic E-state index is 0.0152. The number of thiophene rings is 1. The molecule has 1 aromatic heterocycles. The van der Waals surface area contributed by atoms with Crippen molar-refractivity contribution in [2.75, 3.05) is 33.7 Å². The number of carbonyl (C=O) groups is 2. The van der Waals surface area contributed by atoms with E-state index < -0.39 is 0 Å². The molecular weight excluding hydrogens is 382 g/mol. The van der Waals surface area contributed by atoms with Crippen LogP contribution in [0.25, 0.3) is 0 Å². The van der Waals surface area contributed by atoms with E-state index in [2.05, 4.69) is 37.4 Å². The molecule has 29 heavy (non-hydrogen) atoms. The van der Waals surface area contributed by atoms with E-state index in [1.54, 1.807) is 35.2 Å². The maximum absolute atomic E-state index is 13.4. The van der Waals surface area contributed by atoms with E-state index in [-0.39, 0.29) is 24.5 Å². The molecule has 1 aromatic carbocycles. The summed E-state index contributed by atoms with van der Waals surface area (Å²) < 4.78 is 0. The summed E-state index contributed by atoms with van der Waals surface area (Å²) in [4.78, 5) is 32.6. The summed E-state index contributed by atoms with van der Waals surface area (Å²) in [5, 5.41) is 2.12. The fourth-order valence-electron chi connectivity index (χ4n) is 3.94. The zero-order valence-corrected chi connectivity index (χ0v) is 18.7. The predicted molar refractivity (Wildman–Crippen MR) is 118 cm³/mol. The number of unbranched alkanes of at least 4 members (excludes halogenated alkanes) is 1. The number of nitrogens with zero attached hydrogens (tertiary/aromatic N) is 3. The number of hydrogen-bond donors (Lipinski definition) is 0. The number of hydrogen-bond acceptors (Lipinski definition) is 3. The first kappa shape index (κ1) is 21.4. The highest BCUT2D eigenvalue weighted by Gasteiger charge is 2.34. The van der Waals surface area contributed by atoms with Crippen molar-refractivity contribution in [3.05, 3.63) is 57.3 Å². The minimum atomic E-state index is -0.104. The van der Waals surface area contributed by atoms with Crippen LogP contribution in [-0.4, -0.2) is 60.4 Å². The van der Waals surface area contributed by atoms with Gasteiger partial charge in [-0.1, -0.05) is 37.6 Å². The van der Waals surface area contributed by atoms with Gasteiger partial charge in [-0.05, 0) is 47.9 Å². The highest BCUT2D eigenvalue weighted by molar-refractivity contribution is 7.10. The number of amides is 3. The maximum atomic E-state index is 13.4. The van der Waals surface area contributed by atoms with Gasteiger partial charge < -0.3 is 14.7 Å². The Balaban J connectivity index is 1.90. The fraction of sp³-hybridized carbons (Fsp3) is 0.478. The van der Waals surface area contributed by atoms with Crippen molar-refractivity contribution in [3.8, 4) is 0 Å². The van der Waals surface area contributed by atoms with Gasteiger partial charge in [-0.2, -0.15) is 0 Å². The van der Waals surface area contributed by atoms with Gasteiger partial charge in [-0.25, -0.2) is 4.79 Å². The van der Waals surface area contributed by atoms with Gasteiger partial charge in [0.15, 0.2) is 0 Å². The molecule has 0 N–H and O–H groups in total. The zero-order chi connectivity index (χ0) is 21.0. The van der Waals surface area contributed by atoms with Crippen LogP contribution < -0.4 is 0 Å². The Hall–Kier alpha value is -2.34. The van der Waals surface area contributed by atoms with Crippen LogP contribution in [0.5, 0.6) is 0 Å². The Morgan fingerprint density at radius 3 is 2.62 bits per heavy atom. The van der Waals surface area contributed by atoms with Crippen LogP contribution >= 0.6 is 11.3 Å². The maximum Gasteiger partial charge on any atom is 0.319 e. The molecule has 6 heteroatoms. The van der Waals surface area contributed by atoms with Crippen LogP contribution in [-0.2, 0) is 11.2 Å². The lowest BCUT2D eigenvalue weighted by atomic mass is 9.90. The zero-order valence-electron chi connectivity index (χ0n) is 17.9. The van der Waals surface area contributed by atoms with Gasteiger partial charge in [0.2, 0.25) is 5.91 Å². The predicted octanol–water partition coefficient (Wildman–Crippen LogP) is 4.31. The van der Waals surface area contributed by atoms with E-state index in [1.165, 1.54) is 21.6 Å². The number of rotatable bonds is 6. The number of aryl methyl sites for hydroxylation is 1. The first-order valence-corrected chi connectivity index (χ1v) is 11.2. The van der Waals surface area contributed by atoms with Gasteiger partial charge >= 0.3 is 6.03 Å². The summed E-state index contributed by atoms with van der Waals surface area (Å²) in [5.74, 6) is 0.0152. The molecule has 0 saturated heterocycles. The van der Waals surface area contributed by atoms with Crippen molar-refractivity contribution < 1.29 is 9.59 Å². The van der Waals surface area contributed by atoms with Crippen molar-refractivity contribution in [1.82, 2.24) is 14.7 Å². The standard InChI is InChI=1S/C23H31N3O2S/c1-5-6-13-25(23(28)24(3)4)16-21(27)26-14-11-20-19(12-15-29-20)22(26)18-10-8-7-9-17(18)2/h7-10,12,15,22H,5-6,11,13-14,16H2,1-4H3. The Bertz CT molecular complexity index is 861. The molecule has 0 saturated carbocycles. The summed E-state index contributed by atoms with van der Waals surface area (Å²) in [6, 6.07) is 10.2. The highest BCUT2D eigenvalue weighted by atomic mass is 32.1. The van der Waals surface area contributed by atoms with Crippen LogP contribution in [0.15, 0.2) is 35.7 Å². The van der Waals surface area contributed by atoms with E-state index in [4.69, 9.17) is 0 Å². The first-order valence-electron chi connectivity index (χ1n) is 10.3. The third-order valence-corrected chi connectivity index (χ3v) is 6.53. The molecule has 3 amide bonds. The van der Waals surface area contributed by atoms with Gasteiger partial charge in [-0.15, -0.1) is 11.3 Å². The van der Waals surface area contributed by atoms with Crippen LogP contribution in [0.3, 0.4) is 0 Å². The van der Waals surface area contributed by atoms with Crippen LogP contribution in [0, 0.1) is 6.92 Å². The number of carbonyl (C=O) groups excluding carboxylic acids is 2. The molecule has 1 atom stereocenters. The van der Waals surface area contributed by atoms with Gasteiger partial charge in [0.1, 0.15) is 6.54 Å². The van der Waals surface area contributed by atoms with Gasteiger partial charge in [0.05, 0.1) is 6.04 Å². The third-order valence-electron chi connectivity index (χ3n) is 5.53. The molecule has 1 unspecified atom stereocenters. The summed E-state index contributed by atoms with van der Waals surface area (Å²) in [5.41, 5.74) is 3.57. The smallest absolute Gasteiger partial charge is 0.319 e. The van der Waals surface area contributed by atoms with Crippen molar-refractivity contribution in [2.24, 2.45) is 0 Å². The first-order chi connectivity index (χ1) is 13.9. The highest BCUT2D eigenvalue weighted by Crippen LogP contribution is 2.38. The van der Waals surface area contributed by atoms with E-state index in [0.29, 0.717) is 13.1 Å². The second kappa shape index (κ2) is 9.44. The van der Waals surface area contributed by atoms with Crippen molar-refractivity contribution in [3.63, 3.8) is 0 Å². The quantitative estimate of drug-likeness (QED) is 0.708. The Morgan fingerprint density at radius 2 is 1.93 bits per heavy atom. The average molecular weight is 414 g/mol. The fourth-order valence-corrected chi connectivity index (χ4v) is 4.85. The molecule has 0 fully saturated rings. The topological polar surface area (TPSA) is 43.9 Å². The summed E-state index contributed by atoms with van der Waals surface area (Å²) in [6.07, 6.45) is 2.75. The Labute approximate surface area is 177 Å². The van der Waals surface area contributed by atoms with Gasteiger partial charge in [0, 0.05) is 32.1 Å². The average Bonchev–Trinajstić information content (AvgIpc) is 3.19. The lowest BCUT2D eigenvalue weighted by molar-refractivity contribution is -0.134. The molecule has 156 valence electrons. The molecule has 2 heterocycles. The van der Waals surface area contributed by atoms with Gasteiger partial charge in [0.25, 0.3) is 0 Å². The van der Waals surface area contributed by atoms with Gasteiger partial charge in [-0.3, -0.25) is 4.79 Å². The Kier molecular flexibility index (Phi) is 6.96. The van der Waals surface area contributed by atoms with Crippen molar-refractivity contribution in [2.45, 2.75) is 39.2 Å². The molecule has 3 rings (SSSR count). The van der Waals surface area contributed by atoms with Crippen LogP contribution in [0.1, 0.15) is 47.4 Å². The summed E-state index contributed by atoms with van der Waals surface area (Å²) >= 11 is 1.77.